The lowest BCUT2D eigenvalue weighted by atomic mass is 9.99. The van der Waals surface area contributed by atoms with Crippen molar-refractivity contribution in [3.8, 4) is 0 Å². The van der Waals surface area contributed by atoms with E-state index in [-0.39, 0.29) is 24.4 Å². The highest BCUT2D eigenvalue weighted by atomic mass is 16.3. The summed E-state index contributed by atoms with van der Waals surface area (Å²) in [6, 6.07) is 12.2. The minimum absolute atomic E-state index is 0.121. The summed E-state index contributed by atoms with van der Waals surface area (Å²) in [5.41, 5.74) is 2.22. The summed E-state index contributed by atoms with van der Waals surface area (Å²) in [6.07, 6.45) is 2.39. The maximum atomic E-state index is 13.4. The second-order valence-corrected chi connectivity index (χ2v) is 7.82. The van der Waals surface area contributed by atoms with E-state index < -0.39 is 6.04 Å². The second kappa shape index (κ2) is 8.18. The molecule has 156 valence electrons. The highest BCUT2D eigenvalue weighted by Crippen LogP contribution is 2.32. The maximum Gasteiger partial charge on any atom is 0.254 e. The second-order valence-electron chi connectivity index (χ2n) is 7.82. The van der Waals surface area contributed by atoms with Crippen LogP contribution < -0.4 is 5.32 Å². The van der Waals surface area contributed by atoms with Crippen molar-refractivity contribution in [3.63, 3.8) is 0 Å². The van der Waals surface area contributed by atoms with Crippen LogP contribution in [0.3, 0.4) is 0 Å². The number of nitrogens with zero attached hydrogens (tertiary/aromatic N) is 3. The first kappa shape index (κ1) is 19.9. The first-order valence-corrected chi connectivity index (χ1v) is 10.2. The molecule has 0 aliphatic carbocycles. The first-order valence-electron chi connectivity index (χ1n) is 10.2. The largest absolute Gasteiger partial charge is 0.465 e. The molecule has 0 fully saturated rings. The monoisotopic (exact) mass is 406 g/mol. The molecular formula is C23H26N4O3. The Morgan fingerprint density at radius 1 is 1.20 bits per heavy atom. The molecule has 4 rings (SSSR count). The predicted octanol–water partition coefficient (Wildman–Crippen LogP) is 3.42. The van der Waals surface area contributed by atoms with Crippen molar-refractivity contribution in [3.05, 3.63) is 77.3 Å². The Balaban J connectivity index is 1.68. The van der Waals surface area contributed by atoms with Crippen LogP contribution in [0, 0.1) is 6.92 Å². The first-order chi connectivity index (χ1) is 14.5. The minimum atomic E-state index is -0.748. The molecule has 1 N–H and O–H groups in total. The third-order valence-corrected chi connectivity index (χ3v) is 5.39. The Labute approximate surface area is 175 Å². The van der Waals surface area contributed by atoms with Gasteiger partial charge in [0.25, 0.3) is 5.91 Å². The van der Waals surface area contributed by atoms with E-state index in [0.717, 1.165) is 17.1 Å². The molecule has 0 unspecified atom stereocenters. The molecule has 30 heavy (non-hydrogen) atoms. The molecule has 0 saturated carbocycles. The molecular weight excluding hydrogens is 380 g/mol. The van der Waals surface area contributed by atoms with Crippen LogP contribution in [0.1, 0.15) is 59.2 Å². The van der Waals surface area contributed by atoms with Crippen LogP contribution in [0.2, 0.25) is 0 Å². The van der Waals surface area contributed by atoms with E-state index in [4.69, 9.17) is 4.42 Å². The number of nitrogens with one attached hydrogen (secondary N) is 1. The molecule has 2 aromatic heterocycles. The summed E-state index contributed by atoms with van der Waals surface area (Å²) in [4.78, 5) is 32.9. The summed E-state index contributed by atoms with van der Waals surface area (Å²) in [5, 5.41) is 2.95. The Morgan fingerprint density at radius 2 is 1.97 bits per heavy atom. The Bertz CT molecular complexity index is 1050. The highest BCUT2D eigenvalue weighted by Gasteiger charge is 2.39. The van der Waals surface area contributed by atoms with E-state index >= 15 is 0 Å². The zero-order valence-corrected chi connectivity index (χ0v) is 17.5. The molecule has 1 atom stereocenters. The Hall–Kier alpha value is -3.35. The molecule has 1 aliphatic heterocycles. The standard InChI is InChI=1S/C23H26N4O3/c1-15(2)27-14-25-19-11-12-26(23(29)17-7-5-4-6-8-17)21(20(19)27)22(28)24-13-18-10-9-16(3)30-18/h4-10,14-15,21H,11-13H2,1-3H3,(H,24,28)/t21-/m0/s1. The number of rotatable bonds is 5. The molecule has 0 radical (unpaired) electrons. The lowest BCUT2D eigenvalue weighted by Crippen LogP contribution is -2.48. The zero-order chi connectivity index (χ0) is 21.3. The van der Waals surface area contributed by atoms with Crippen LogP contribution >= 0.6 is 0 Å². The van der Waals surface area contributed by atoms with Crippen molar-refractivity contribution < 1.29 is 14.0 Å². The molecule has 3 heterocycles. The van der Waals surface area contributed by atoms with Crippen molar-refractivity contribution in [1.82, 2.24) is 19.8 Å². The number of furan rings is 1. The van der Waals surface area contributed by atoms with E-state index in [1.165, 1.54) is 0 Å². The van der Waals surface area contributed by atoms with E-state index in [1.54, 1.807) is 23.4 Å². The van der Waals surface area contributed by atoms with Crippen LogP contribution in [-0.2, 0) is 17.8 Å². The van der Waals surface area contributed by atoms with Gasteiger partial charge in [0.05, 0.1) is 24.3 Å². The summed E-state index contributed by atoms with van der Waals surface area (Å²) in [7, 11) is 0. The number of hydrogen-bond acceptors (Lipinski definition) is 4. The summed E-state index contributed by atoms with van der Waals surface area (Å²) >= 11 is 0. The summed E-state index contributed by atoms with van der Waals surface area (Å²) in [5.74, 6) is 1.07. The van der Waals surface area contributed by atoms with E-state index in [2.05, 4.69) is 10.3 Å². The maximum absolute atomic E-state index is 13.4. The smallest absolute Gasteiger partial charge is 0.254 e. The van der Waals surface area contributed by atoms with Gasteiger partial charge in [-0.2, -0.15) is 0 Å². The van der Waals surface area contributed by atoms with Gasteiger partial charge in [-0.3, -0.25) is 9.59 Å². The Kier molecular flexibility index (Phi) is 5.44. The molecule has 7 nitrogen and oxygen atoms in total. The van der Waals surface area contributed by atoms with Crippen LogP contribution in [0.15, 0.2) is 53.2 Å². The lowest BCUT2D eigenvalue weighted by Gasteiger charge is -2.36. The molecule has 1 aromatic carbocycles. The summed E-state index contributed by atoms with van der Waals surface area (Å²) in [6.45, 7) is 6.65. The lowest BCUT2D eigenvalue weighted by molar-refractivity contribution is -0.126. The molecule has 2 amide bonds. The van der Waals surface area contributed by atoms with Crippen LogP contribution in [0.5, 0.6) is 0 Å². The van der Waals surface area contributed by atoms with Gasteiger partial charge >= 0.3 is 0 Å². The topological polar surface area (TPSA) is 80.4 Å². The highest BCUT2D eigenvalue weighted by molar-refractivity contribution is 5.98. The van der Waals surface area contributed by atoms with Gasteiger partial charge in [0, 0.05) is 24.6 Å². The fourth-order valence-corrected chi connectivity index (χ4v) is 3.90. The van der Waals surface area contributed by atoms with Gasteiger partial charge in [0.2, 0.25) is 5.91 Å². The molecule has 3 aromatic rings. The van der Waals surface area contributed by atoms with Crippen molar-refractivity contribution in [2.45, 2.75) is 45.8 Å². The summed E-state index contributed by atoms with van der Waals surface area (Å²) < 4.78 is 7.56. The van der Waals surface area contributed by atoms with Crippen molar-refractivity contribution in [1.29, 1.82) is 0 Å². The fraction of sp³-hybridized carbons (Fsp3) is 0.348. The number of imidazole rings is 1. The molecule has 0 bridgehead atoms. The number of hydrogen-bond donors (Lipinski definition) is 1. The number of fused-ring (bicyclic) bond motifs is 1. The van der Waals surface area contributed by atoms with Crippen LogP contribution in [0.4, 0.5) is 0 Å². The zero-order valence-electron chi connectivity index (χ0n) is 17.5. The van der Waals surface area contributed by atoms with Crippen molar-refractivity contribution >= 4 is 11.8 Å². The number of amides is 2. The van der Waals surface area contributed by atoms with Gasteiger partial charge < -0.3 is 19.2 Å². The van der Waals surface area contributed by atoms with Gasteiger partial charge in [-0.15, -0.1) is 0 Å². The van der Waals surface area contributed by atoms with Gasteiger partial charge in [-0.1, -0.05) is 18.2 Å². The van der Waals surface area contributed by atoms with Gasteiger partial charge in [-0.25, -0.2) is 4.98 Å². The minimum Gasteiger partial charge on any atom is -0.465 e. The SMILES string of the molecule is Cc1ccc(CNC(=O)[C@@H]2c3c(ncn3C(C)C)CCN2C(=O)c2ccccc2)o1. The Morgan fingerprint density at radius 3 is 2.63 bits per heavy atom. The van der Waals surface area contributed by atoms with E-state index in [9.17, 15) is 9.59 Å². The third kappa shape index (κ3) is 3.75. The normalized spacial score (nSPS) is 15.9. The number of aromatic nitrogens is 2. The number of aryl methyl sites for hydroxylation is 1. The van der Waals surface area contributed by atoms with Gasteiger partial charge in [-0.05, 0) is 45.0 Å². The molecule has 0 saturated heterocycles. The molecule has 0 spiro atoms. The van der Waals surface area contributed by atoms with Gasteiger partial charge in [0.15, 0.2) is 6.04 Å². The number of carbonyl (C=O) groups excluding carboxylic acids is 2. The van der Waals surface area contributed by atoms with Gasteiger partial charge in [0.1, 0.15) is 11.5 Å². The quantitative estimate of drug-likeness (QED) is 0.704. The van der Waals surface area contributed by atoms with Crippen molar-refractivity contribution in [2.75, 3.05) is 6.54 Å². The molecule has 7 heteroatoms. The number of benzene rings is 1. The van der Waals surface area contributed by atoms with Crippen LogP contribution in [0.25, 0.3) is 0 Å². The van der Waals surface area contributed by atoms with E-state index in [1.807, 2.05) is 55.7 Å². The average molecular weight is 406 g/mol. The average Bonchev–Trinajstić information content (AvgIpc) is 3.37. The number of carbonyl (C=O) groups is 2. The van der Waals surface area contributed by atoms with Crippen molar-refractivity contribution in [2.24, 2.45) is 0 Å². The molecule has 1 aliphatic rings. The van der Waals surface area contributed by atoms with E-state index in [0.29, 0.717) is 24.3 Å². The third-order valence-electron chi connectivity index (χ3n) is 5.39. The van der Waals surface area contributed by atoms with Crippen LogP contribution in [-0.4, -0.2) is 32.8 Å². The fourth-order valence-electron chi connectivity index (χ4n) is 3.90. The predicted molar refractivity (Wildman–Crippen MR) is 112 cm³/mol.